The summed E-state index contributed by atoms with van der Waals surface area (Å²) in [6.45, 7) is 0. The van der Waals surface area contributed by atoms with Crippen molar-refractivity contribution in [3.05, 3.63) is 60.7 Å². The van der Waals surface area contributed by atoms with Gasteiger partial charge in [0.2, 0.25) is 7.14 Å². The third-order valence-corrected chi connectivity index (χ3v) is 7.12. The molecular formula is C21H23OP. The fourth-order valence-corrected chi connectivity index (χ4v) is 5.30. The van der Waals surface area contributed by atoms with Crippen LogP contribution in [0.25, 0.3) is 0 Å². The Morgan fingerprint density at radius 3 is 1.87 bits per heavy atom. The summed E-state index contributed by atoms with van der Waals surface area (Å²) in [5, 5.41) is 1.67. The van der Waals surface area contributed by atoms with Crippen molar-refractivity contribution in [3.63, 3.8) is 0 Å². The third kappa shape index (κ3) is 3.95. The molecule has 0 unspecified atom stereocenters. The molecule has 118 valence electrons. The van der Waals surface area contributed by atoms with Gasteiger partial charge < -0.3 is 0 Å². The van der Waals surface area contributed by atoms with Gasteiger partial charge in [0.1, 0.15) is 0 Å². The molecule has 0 heterocycles. The predicted molar refractivity (Wildman–Crippen MR) is 98.7 cm³/mol. The van der Waals surface area contributed by atoms with Crippen molar-refractivity contribution < 1.29 is 4.57 Å². The van der Waals surface area contributed by atoms with Gasteiger partial charge in [-0.3, -0.25) is 4.57 Å². The summed E-state index contributed by atoms with van der Waals surface area (Å²) in [4.78, 5) is 0. The Morgan fingerprint density at radius 2 is 1.35 bits per heavy atom. The van der Waals surface area contributed by atoms with Crippen LogP contribution in [0.5, 0.6) is 0 Å². The van der Waals surface area contributed by atoms with Gasteiger partial charge >= 0.3 is 0 Å². The lowest BCUT2D eigenvalue weighted by Crippen LogP contribution is -2.14. The highest BCUT2D eigenvalue weighted by Gasteiger charge is 2.24. The molecule has 1 aliphatic rings. The Morgan fingerprint density at radius 1 is 0.826 bits per heavy atom. The second-order valence-electron chi connectivity index (χ2n) is 6.28. The maximum absolute atomic E-state index is 13.7. The lowest BCUT2D eigenvalue weighted by Gasteiger charge is -2.19. The van der Waals surface area contributed by atoms with E-state index in [-0.39, 0.29) is 0 Å². The Hall–Kier alpha value is -1.77. The van der Waals surface area contributed by atoms with Gasteiger partial charge in [0.05, 0.1) is 0 Å². The van der Waals surface area contributed by atoms with E-state index in [0.29, 0.717) is 5.92 Å². The Kier molecular flexibility index (Phi) is 5.37. The first-order valence-electron chi connectivity index (χ1n) is 8.50. The first kappa shape index (κ1) is 16.1. The Balaban J connectivity index is 1.89. The van der Waals surface area contributed by atoms with Crippen LogP contribution in [0.1, 0.15) is 38.5 Å². The summed E-state index contributed by atoms with van der Waals surface area (Å²) < 4.78 is 13.7. The second-order valence-corrected chi connectivity index (χ2v) is 8.75. The Labute approximate surface area is 139 Å². The van der Waals surface area contributed by atoms with E-state index in [1.54, 1.807) is 0 Å². The van der Waals surface area contributed by atoms with Crippen molar-refractivity contribution in [1.82, 2.24) is 0 Å². The predicted octanol–water partition coefficient (Wildman–Crippen LogP) is 4.93. The van der Waals surface area contributed by atoms with E-state index in [9.17, 15) is 4.57 Å². The fourth-order valence-electron chi connectivity index (χ4n) is 3.25. The molecule has 0 spiro atoms. The monoisotopic (exact) mass is 322 g/mol. The summed E-state index contributed by atoms with van der Waals surface area (Å²) in [5.41, 5.74) is 3.18. The minimum atomic E-state index is -2.85. The minimum absolute atomic E-state index is 0.691. The van der Waals surface area contributed by atoms with Gasteiger partial charge in [-0.25, -0.2) is 0 Å². The molecule has 2 aromatic rings. The Bertz CT molecular complexity index is 675. The van der Waals surface area contributed by atoms with E-state index in [4.69, 9.17) is 0 Å². The molecule has 1 saturated carbocycles. The molecule has 3 rings (SSSR count). The van der Waals surface area contributed by atoms with E-state index in [1.165, 1.54) is 32.1 Å². The van der Waals surface area contributed by atoms with Gasteiger partial charge in [-0.1, -0.05) is 85.8 Å². The summed E-state index contributed by atoms with van der Waals surface area (Å²) >= 11 is 0. The van der Waals surface area contributed by atoms with Crippen LogP contribution in [0.15, 0.2) is 60.7 Å². The van der Waals surface area contributed by atoms with Gasteiger partial charge in [-0.05, 0) is 24.4 Å². The zero-order valence-electron chi connectivity index (χ0n) is 13.4. The van der Waals surface area contributed by atoms with Crippen LogP contribution >= 0.6 is 7.14 Å². The second kappa shape index (κ2) is 7.67. The number of benzene rings is 2. The molecule has 1 fully saturated rings. The van der Waals surface area contributed by atoms with Crippen molar-refractivity contribution in [2.75, 3.05) is 0 Å². The van der Waals surface area contributed by atoms with E-state index < -0.39 is 7.14 Å². The molecule has 0 radical (unpaired) electrons. The molecule has 0 aromatic heterocycles. The van der Waals surface area contributed by atoms with E-state index in [2.05, 4.69) is 11.6 Å². The molecule has 0 saturated heterocycles. The molecule has 0 atom stereocenters. The molecule has 0 N–H and O–H groups in total. The van der Waals surface area contributed by atoms with Gasteiger partial charge in [-0.15, -0.1) is 0 Å². The lowest BCUT2D eigenvalue weighted by atomic mass is 9.87. The molecule has 1 aliphatic carbocycles. The van der Waals surface area contributed by atoms with E-state index >= 15 is 0 Å². The number of rotatable bonds is 3. The van der Waals surface area contributed by atoms with Gasteiger partial charge in [-0.2, -0.15) is 0 Å². The highest BCUT2D eigenvalue weighted by molar-refractivity contribution is 7.83. The molecule has 2 heteroatoms. The summed E-state index contributed by atoms with van der Waals surface area (Å²) in [6, 6.07) is 19.4. The maximum Gasteiger partial charge on any atom is 0.210 e. The highest BCUT2D eigenvalue weighted by Crippen LogP contribution is 2.42. The average molecular weight is 322 g/mol. The molecule has 2 aromatic carbocycles. The van der Waals surface area contributed by atoms with Gasteiger partial charge in [0.15, 0.2) is 0 Å². The van der Waals surface area contributed by atoms with Crippen molar-refractivity contribution in [2.24, 2.45) is 5.92 Å². The average Bonchev–Trinajstić information content (AvgIpc) is 2.64. The van der Waals surface area contributed by atoms with Crippen LogP contribution in [0.2, 0.25) is 0 Å². The van der Waals surface area contributed by atoms with Crippen LogP contribution < -0.4 is 10.6 Å². The maximum atomic E-state index is 13.7. The van der Waals surface area contributed by atoms with E-state index in [0.717, 1.165) is 17.0 Å². The van der Waals surface area contributed by atoms with Crippen molar-refractivity contribution in [1.29, 1.82) is 0 Å². The lowest BCUT2D eigenvalue weighted by molar-refractivity contribution is 0.365. The van der Waals surface area contributed by atoms with Gasteiger partial charge in [0.25, 0.3) is 0 Å². The fraction of sp³-hybridized carbons (Fsp3) is 0.333. The SMILES string of the molecule is O=P(C#CCC1CCCCC1)(c1ccccc1)c1ccccc1. The van der Waals surface area contributed by atoms with Crippen LogP contribution in [0, 0.1) is 17.5 Å². The topological polar surface area (TPSA) is 17.1 Å². The molecule has 0 aliphatic heterocycles. The van der Waals surface area contributed by atoms with Crippen LogP contribution in [0.4, 0.5) is 0 Å². The molecule has 0 bridgehead atoms. The largest absolute Gasteiger partial charge is 0.300 e. The molecular weight excluding hydrogens is 299 g/mol. The molecule has 0 amide bonds. The zero-order chi connectivity index (χ0) is 16.0. The normalized spacial score (nSPS) is 15.7. The van der Waals surface area contributed by atoms with Gasteiger partial charge in [0, 0.05) is 17.0 Å². The third-order valence-electron chi connectivity index (χ3n) is 4.59. The highest BCUT2D eigenvalue weighted by atomic mass is 31.2. The first-order valence-corrected chi connectivity index (χ1v) is 10.2. The standard InChI is InChI=1S/C21H23OP/c22-23(20-14-6-2-7-15-20,21-16-8-3-9-17-21)18-10-13-19-11-4-1-5-12-19/h2-3,6-9,14-17,19H,1,4-5,11-13H2. The summed E-state index contributed by atoms with van der Waals surface area (Å²) in [5.74, 6) is 3.97. The molecule has 23 heavy (non-hydrogen) atoms. The first-order chi connectivity index (χ1) is 11.3. The van der Waals surface area contributed by atoms with Crippen LogP contribution in [0.3, 0.4) is 0 Å². The van der Waals surface area contributed by atoms with Crippen LogP contribution in [-0.2, 0) is 4.57 Å². The smallest absolute Gasteiger partial charge is 0.210 e. The van der Waals surface area contributed by atoms with Crippen LogP contribution in [-0.4, -0.2) is 0 Å². The zero-order valence-corrected chi connectivity index (χ0v) is 14.3. The van der Waals surface area contributed by atoms with E-state index in [1.807, 2.05) is 60.7 Å². The quantitative estimate of drug-likeness (QED) is 0.578. The van der Waals surface area contributed by atoms with Crippen molar-refractivity contribution in [3.8, 4) is 11.6 Å². The number of hydrogen-bond acceptors (Lipinski definition) is 1. The van der Waals surface area contributed by atoms with Crippen molar-refractivity contribution in [2.45, 2.75) is 38.5 Å². The van der Waals surface area contributed by atoms with Crippen molar-refractivity contribution >= 4 is 17.8 Å². The molecule has 1 nitrogen and oxygen atoms in total. The number of hydrogen-bond donors (Lipinski definition) is 0. The summed E-state index contributed by atoms with van der Waals surface area (Å²) in [6.07, 6.45) is 7.42. The minimum Gasteiger partial charge on any atom is -0.300 e. The summed E-state index contributed by atoms with van der Waals surface area (Å²) in [7, 11) is -2.85.